The summed E-state index contributed by atoms with van der Waals surface area (Å²) >= 11 is 0. The fourth-order valence-corrected chi connectivity index (χ4v) is 0.620. The first-order chi connectivity index (χ1) is 5.99. The summed E-state index contributed by atoms with van der Waals surface area (Å²) < 4.78 is 4.63. The van der Waals surface area contributed by atoms with Gasteiger partial charge in [0.15, 0.2) is 6.04 Å². The van der Waals surface area contributed by atoms with Crippen molar-refractivity contribution in [1.82, 2.24) is 10.2 Å². The van der Waals surface area contributed by atoms with E-state index in [1.165, 1.54) is 26.1 Å². The summed E-state index contributed by atoms with van der Waals surface area (Å²) in [4.78, 5) is 22.8. The number of ether oxygens (including phenoxy) is 1. The molecule has 0 aliphatic carbocycles. The summed E-state index contributed by atoms with van der Waals surface area (Å²) in [5.41, 5.74) is 0. The molecule has 76 valence electrons. The molecule has 1 atom stereocenters. The van der Waals surface area contributed by atoms with Gasteiger partial charge < -0.3 is 20.1 Å². The van der Waals surface area contributed by atoms with Crippen molar-refractivity contribution in [2.24, 2.45) is 0 Å². The van der Waals surface area contributed by atoms with Gasteiger partial charge >= 0.3 is 12.0 Å². The number of nitrogens with one attached hydrogen (secondary N) is 1. The lowest BCUT2D eigenvalue weighted by molar-refractivity contribution is -0.140. The van der Waals surface area contributed by atoms with Crippen LogP contribution < -0.4 is 5.32 Å². The Balaban J connectivity index is 4.10. The van der Waals surface area contributed by atoms with Gasteiger partial charge in [-0.25, -0.2) is 9.59 Å². The molecule has 6 nitrogen and oxygen atoms in total. The highest BCUT2D eigenvalue weighted by molar-refractivity contribution is 5.82. The molecule has 2 amide bonds. The van der Waals surface area contributed by atoms with E-state index in [1.54, 1.807) is 0 Å². The van der Waals surface area contributed by atoms with E-state index in [0.29, 0.717) is 0 Å². The van der Waals surface area contributed by atoms with Gasteiger partial charge in [-0.15, -0.1) is 0 Å². The Labute approximate surface area is 76.5 Å². The number of hydrogen-bond acceptors (Lipinski definition) is 3. The molecule has 13 heavy (non-hydrogen) atoms. The average molecular weight is 190 g/mol. The number of aliphatic carboxylic acids is 1. The van der Waals surface area contributed by atoms with Crippen LogP contribution in [0.15, 0.2) is 0 Å². The normalized spacial score (nSPS) is 11.9. The lowest BCUT2D eigenvalue weighted by Crippen LogP contribution is -2.47. The number of rotatable bonds is 4. The van der Waals surface area contributed by atoms with Gasteiger partial charge in [0, 0.05) is 21.2 Å². The molecular weight excluding hydrogens is 176 g/mol. The van der Waals surface area contributed by atoms with Gasteiger partial charge in [-0.2, -0.15) is 0 Å². The maximum absolute atomic E-state index is 11.0. The van der Waals surface area contributed by atoms with Crippen LogP contribution in [-0.4, -0.2) is 55.9 Å². The van der Waals surface area contributed by atoms with E-state index < -0.39 is 18.0 Å². The molecule has 0 aromatic rings. The number of carbonyl (C=O) groups is 2. The van der Waals surface area contributed by atoms with E-state index >= 15 is 0 Å². The summed E-state index contributed by atoms with van der Waals surface area (Å²) in [6.45, 7) is -0.0467. The quantitative estimate of drug-likeness (QED) is 0.618. The smallest absolute Gasteiger partial charge is 0.328 e. The minimum atomic E-state index is -1.11. The van der Waals surface area contributed by atoms with Gasteiger partial charge in [-0.05, 0) is 0 Å². The number of hydrogen-bond donors (Lipinski definition) is 2. The molecule has 0 aliphatic rings. The summed E-state index contributed by atoms with van der Waals surface area (Å²) in [5, 5.41) is 10.9. The zero-order valence-corrected chi connectivity index (χ0v) is 7.90. The lowest BCUT2D eigenvalue weighted by atomic mass is 10.3. The molecule has 0 aromatic heterocycles. The van der Waals surface area contributed by atoms with Gasteiger partial charge in [0.2, 0.25) is 0 Å². The highest BCUT2D eigenvalue weighted by Gasteiger charge is 2.19. The second kappa shape index (κ2) is 5.36. The van der Waals surface area contributed by atoms with E-state index in [1.807, 2.05) is 0 Å². The molecule has 2 N–H and O–H groups in total. The fourth-order valence-electron chi connectivity index (χ4n) is 0.620. The first kappa shape index (κ1) is 11.7. The predicted octanol–water partition coefficient (Wildman–Crippen LogP) is -0.643. The maximum Gasteiger partial charge on any atom is 0.328 e. The molecule has 0 saturated heterocycles. The zero-order chi connectivity index (χ0) is 10.4. The third kappa shape index (κ3) is 4.32. The van der Waals surface area contributed by atoms with Crippen LogP contribution in [0.1, 0.15) is 0 Å². The van der Waals surface area contributed by atoms with Crippen LogP contribution in [0.2, 0.25) is 0 Å². The molecule has 0 saturated carbocycles. The maximum atomic E-state index is 11.0. The monoisotopic (exact) mass is 190 g/mol. The Morgan fingerprint density at radius 3 is 2.38 bits per heavy atom. The van der Waals surface area contributed by atoms with Crippen LogP contribution in [0.4, 0.5) is 4.79 Å². The Bertz CT molecular complexity index is 193. The van der Waals surface area contributed by atoms with Crippen molar-refractivity contribution in [1.29, 1.82) is 0 Å². The van der Waals surface area contributed by atoms with E-state index in [-0.39, 0.29) is 6.61 Å². The van der Waals surface area contributed by atoms with Crippen molar-refractivity contribution >= 4 is 12.0 Å². The minimum Gasteiger partial charge on any atom is -0.480 e. The SMILES string of the molecule is COCC(NC(=O)N(C)C)C(=O)O. The first-order valence-corrected chi connectivity index (χ1v) is 3.68. The Kier molecular flexibility index (Phi) is 4.83. The number of methoxy groups -OCH3 is 1. The second-order valence-electron chi connectivity index (χ2n) is 2.69. The topological polar surface area (TPSA) is 78.9 Å². The highest BCUT2D eigenvalue weighted by Crippen LogP contribution is 1.87. The Morgan fingerprint density at radius 1 is 1.54 bits per heavy atom. The van der Waals surface area contributed by atoms with Crippen molar-refractivity contribution in [3.05, 3.63) is 0 Å². The van der Waals surface area contributed by atoms with Crippen LogP contribution in [0.3, 0.4) is 0 Å². The second-order valence-corrected chi connectivity index (χ2v) is 2.69. The van der Waals surface area contributed by atoms with Gasteiger partial charge in [-0.1, -0.05) is 0 Å². The zero-order valence-electron chi connectivity index (χ0n) is 7.90. The van der Waals surface area contributed by atoms with E-state index in [0.717, 1.165) is 0 Å². The molecule has 0 fully saturated rings. The number of nitrogens with zero attached hydrogens (tertiary/aromatic N) is 1. The van der Waals surface area contributed by atoms with Gasteiger partial charge in [0.05, 0.1) is 6.61 Å². The fraction of sp³-hybridized carbons (Fsp3) is 0.714. The average Bonchev–Trinajstić information content (AvgIpc) is 2.03. The van der Waals surface area contributed by atoms with Crippen LogP contribution in [0.5, 0.6) is 0 Å². The summed E-state index contributed by atoms with van der Waals surface area (Å²) in [5.74, 6) is -1.11. The standard InChI is InChI=1S/C7H14N2O4/c1-9(2)7(12)8-5(4-13-3)6(10)11/h5H,4H2,1-3H3,(H,8,12)(H,10,11). The van der Waals surface area contributed by atoms with E-state index in [9.17, 15) is 9.59 Å². The molecule has 0 radical (unpaired) electrons. The van der Waals surface area contributed by atoms with Crippen molar-refractivity contribution in [3.63, 3.8) is 0 Å². The molecule has 0 spiro atoms. The van der Waals surface area contributed by atoms with Gasteiger partial charge in [0.25, 0.3) is 0 Å². The molecule has 6 heteroatoms. The number of amides is 2. The third-order valence-corrected chi connectivity index (χ3v) is 1.34. The van der Waals surface area contributed by atoms with Gasteiger partial charge in [0.1, 0.15) is 0 Å². The minimum absolute atomic E-state index is 0.0467. The molecule has 0 bridgehead atoms. The highest BCUT2D eigenvalue weighted by atomic mass is 16.5. The summed E-state index contributed by atoms with van der Waals surface area (Å²) in [7, 11) is 4.43. The largest absolute Gasteiger partial charge is 0.480 e. The molecule has 0 heterocycles. The van der Waals surface area contributed by atoms with E-state index in [2.05, 4.69) is 10.1 Å². The first-order valence-electron chi connectivity index (χ1n) is 3.68. The summed E-state index contributed by atoms with van der Waals surface area (Å²) in [6, 6.07) is -1.45. The Morgan fingerprint density at radius 2 is 2.08 bits per heavy atom. The summed E-state index contributed by atoms with van der Waals surface area (Å²) in [6.07, 6.45) is 0. The number of urea groups is 1. The Hall–Kier alpha value is -1.30. The van der Waals surface area contributed by atoms with Crippen molar-refractivity contribution < 1.29 is 19.4 Å². The number of carboxylic acid groups (broad SMARTS) is 1. The number of carbonyl (C=O) groups excluding carboxylic acids is 1. The van der Waals surface area contributed by atoms with Crippen molar-refractivity contribution in [3.8, 4) is 0 Å². The molecule has 0 aliphatic heterocycles. The number of carboxylic acids is 1. The van der Waals surface area contributed by atoms with Crippen molar-refractivity contribution in [2.45, 2.75) is 6.04 Å². The molecule has 0 rings (SSSR count). The van der Waals surface area contributed by atoms with Crippen LogP contribution in [0.25, 0.3) is 0 Å². The van der Waals surface area contributed by atoms with Gasteiger partial charge in [-0.3, -0.25) is 0 Å². The van der Waals surface area contributed by atoms with Crippen LogP contribution >= 0.6 is 0 Å². The molecule has 0 aromatic carbocycles. The third-order valence-electron chi connectivity index (χ3n) is 1.34. The molecule has 1 unspecified atom stereocenters. The molecular formula is C7H14N2O4. The van der Waals surface area contributed by atoms with Crippen molar-refractivity contribution in [2.75, 3.05) is 27.8 Å². The predicted molar refractivity (Wildman–Crippen MR) is 45.5 cm³/mol. The van der Waals surface area contributed by atoms with E-state index in [4.69, 9.17) is 5.11 Å². The lowest BCUT2D eigenvalue weighted by Gasteiger charge is -2.17. The van der Waals surface area contributed by atoms with Crippen LogP contribution in [0, 0.1) is 0 Å². The van der Waals surface area contributed by atoms with Crippen LogP contribution in [-0.2, 0) is 9.53 Å².